The summed E-state index contributed by atoms with van der Waals surface area (Å²) in [5, 5.41) is 23.3. The number of nitrogens with zero attached hydrogens (tertiary/aromatic N) is 2. The normalized spacial score (nSPS) is 22.1. The molecule has 2 N–H and O–H groups in total. The Balaban J connectivity index is 1.27. The first-order chi connectivity index (χ1) is 14.4. The van der Waals surface area contributed by atoms with Gasteiger partial charge in [-0.05, 0) is 37.1 Å². The van der Waals surface area contributed by atoms with E-state index in [1.54, 1.807) is 6.07 Å². The van der Waals surface area contributed by atoms with Crippen LogP contribution in [0, 0.1) is 0 Å². The summed E-state index contributed by atoms with van der Waals surface area (Å²) in [4.78, 5) is 2.30. The number of hydrogen-bond acceptors (Lipinski definition) is 4. The van der Waals surface area contributed by atoms with E-state index < -0.39 is 12.2 Å². The van der Waals surface area contributed by atoms with Gasteiger partial charge in [0.2, 0.25) is 0 Å². The Bertz CT molecular complexity index is 1070. The van der Waals surface area contributed by atoms with Crippen LogP contribution in [0.5, 0.6) is 5.75 Å². The van der Waals surface area contributed by atoms with E-state index >= 15 is 0 Å². The van der Waals surface area contributed by atoms with Crippen LogP contribution >= 0.6 is 11.6 Å². The lowest BCUT2D eigenvalue weighted by Crippen LogP contribution is -2.51. The zero-order chi connectivity index (χ0) is 20.9. The molecule has 3 aromatic rings. The molecule has 0 radical (unpaired) electrons. The predicted molar refractivity (Wildman–Crippen MR) is 118 cm³/mol. The third kappa shape index (κ3) is 3.50. The first-order valence-corrected chi connectivity index (χ1v) is 10.9. The Morgan fingerprint density at radius 2 is 1.97 bits per heavy atom. The summed E-state index contributed by atoms with van der Waals surface area (Å²) in [5.74, 6) is 0.738. The number of hydrogen-bond donors (Lipinski definition) is 2. The summed E-state index contributed by atoms with van der Waals surface area (Å²) in [5.41, 5.74) is 2.54. The quantitative estimate of drug-likeness (QED) is 0.658. The van der Waals surface area contributed by atoms with Crippen molar-refractivity contribution in [3.05, 3.63) is 64.8 Å². The highest BCUT2D eigenvalue weighted by molar-refractivity contribution is 6.30. The number of benzene rings is 2. The molecule has 3 heterocycles. The lowest BCUT2D eigenvalue weighted by Gasteiger charge is -2.46. The molecule has 1 fully saturated rings. The molecule has 6 heteroatoms. The van der Waals surface area contributed by atoms with Crippen LogP contribution in [0.1, 0.15) is 42.6 Å². The van der Waals surface area contributed by atoms with Crippen molar-refractivity contribution in [3.63, 3.8) is 0 Å². The van der Waals surface area contributed by atoms with Crippen molar-refractivity contribution in [1.82, 2.24) is 9.47 Å². The van der Waals surface area contributed by atoms with Crippen LogP contribution in [-0.4, -0.2) is 44.9 Å². The molecule has 30 heavy (non-hydrogen) atoms. The first kappa shape index (κ1) is 19.9. The van der Waals surface area contributed by atoms with Gasteiger partial charge >= 0.3 is 0 Å². The maximum absolute atomic E-state index is 10.9. The summed E-state index contributed by atoms with van der Waals surface area (Å²) >= 11 is 6.08. The lowest BCUT2D eigenvalue weighted by atomic mass is 9.81. The van der Waals surface area contributed by atoms with E-state index in [0.29, 0.717) is 18.0 Å². The van der Waals surface area contributed by atoms with E-state index in [1.165, 1.54) is 0 Å². The largest absolute Gasteiger partial charge is 0.487 e. The van der Waals surface area contributed by atoms with Gasteiger partial charge in [0.25, 0.3) is 0 Å². The summed E-state index contributed by atoms with van der Waals surface area (Å²) in [6.07, 6.45) is 3.18. The van der Waals surface area contributed by atoms with E-state index in [-0.39, 0.29) is 5.60 Å². The van der Waals surface area contributed by atoms with Gasteiger partial charge in [-0.25, -0.2) is 0 Å². The summed E-state index contributed by atoms with van der Waals surface area (Å²) < 4.78 is 8.44. The van der Waals surface area contributed by atoms with Gasteiger partial charge in [0.15, 0.2) is 0 Å². The number of para-hydroxylation sites is 1. The van der Waals surface area contributed by atoms with Gasteiger partial charge in [-0.3, -0.25) is 0 Å². The maximum Gasteiger partial charge on any atom is 0.126 e. The molecule has 5 rings (SSSR count). The van der Waals surface area contributed by atoms with Crippen LogP contribution in [0.2, 0.25) is 5.02 Å². The number of fused-ring (bicyclic) bond motifs is 2. The summed E-state index contributed by atoms with van der Waals surface area (Å²) in [7, 11) is 2.01. The second-order valence-corrected chi connectivity index (χ2v) is 9.15. The minimum absolute atomic E-state index is 0.346. The van der Waals surface area contributed by atoms with Crippen molar-refractivity contribution in [2.75, 3.05) is 19.6 Å². The number of halogens is 1. The van der Waals surface area contributed by atoms with Crippen molar-refractivity contribution in [3.8, 4) is 5.75 Å². The van der Waals surface area contributed by atoms with Crippen molar-refractivity contribution in [1.29, 1.82) is 0 Å². The number of aliphatic hydroxyl groups is 2. The Labute approximate surface area is 181 Å². The Hall–Kier alpha value is -2.05. The van der Waals surface area contributed by atoms with E-state index in [4.69, 9.17) is 16.3 Å². The van der Waals surface area contributed by atoms with Crippen LogP contribution < -0.4 is 4.74 Å². The molecule has 2 aromatic carbocycles. The third-order valence-corrected chi connectivity index (χ3v) is 6.94. The average Bonchev–Trinajstić information content (AvgIpc) is 3.08. The van der Waals surface area contributed by atoms with Gasteiger partial charge in [0, 0.05) is 66.4 Å². The second kappa shape index (κ2) is 7.57. The topological polar surface area (TPSA) is 57.9 Å². The van der Waals surface area contributed by atoms with Crippen LogP contribution in [0.15, 0.2) is 48.7 Å². The molecule has 0 aliphatic carbocycles. The SMILES string of the molecule is Cn1cc([C@@H](O)CN2CCC3(CC2)C[C@H](O)c2cc(Cl)ccc2O3)c2ccccc21. The highest BCUT2D eigenvalue weighted by Crippen LogP contribution is 2.45. The van der Waals surface area contributed by atoms with Gasteiger partial charge in [-0.15, -0.1) is 0 Å². The number of piperidine rings is 1. The fraction of sp³-hybridized carbons (Fsp3) is 0.417. The molecular formula is C24H27ClN2O3. The van der Waals surface area contributed by atoms with Crippen LogP contribution in [-0.2, 0) is 7.05 Å². The molecule has 0 unspecified atom stereocenters. The maximum atomic E-state index is 10.9. The van der Waals surface area contributed by atoms with E-state index in [9.17, 15) is 10.2 Å². The van der Waals surface area contributed by atoms with Crippen LogP contribution in [0.3, 0.4) is 0 Å². The summed E-state index contributed by atoms with van der Waals surface area (Å²) in [6, 6.07) is 13.6. The third-order valence-electron chi connectivity index (χ3n) is 6.71. The Morgan fingerprint density at radius 1 is 1.20 bits per heavy atom. The molecule has 5 nitrogen and oxygen atoms in total. The monoisotopic (exact) mass is 426 g/mol. The molecule has 2 aliphatic heterocycles. The van der Waals surface area contributed by atoms with Gasteiger partial charge < -0.3 is 24.4 Å². The zero-order valence-corrected chi connectivity index (χ0v) is 17.8. The molecule has 2 atom stereocenters. The van der Waals surface area contributed by atoms with Crippen molar-refractivity contribution < 1.29 is 14.9 Å². The van der Waals surface area contributed by atoms with E-state index in [1.807, 2.05) is 37.5 Å². The van der Waals surface area contributed by atoms with Crippen LogP contribution in [0.4, 0.5) is 0 Å². The Kier molecular flexibility index (Phi) is 5.02. The van der Waals surface area contributed by atoms with Crippen molar-refractivity contribution in [2.24, 2.45) is 7.05 Å². The number of aromatic nitrogens is 1. The molecule has 0 saturated carbocycles. The Morgan fingerprint density at radius 3 is 2.77 bits per heavy atom. The van der Waals surface area contributed by atoms with Gasteiger partial charge in [-0.2, -0.15) is 0 Å². The molecule has 1 aromatic heterocycles. The first-order valence-electron chi connectivity index (χ1n) is 10.5. The number of ether oxygens (including phenoxy) is 1. The zero-order valence-electron chi connectivity index (χ0n) is 17.1. The smallest absolute Gasteiger partial charge is 0.126 e. The average molecular weight is 427 g/mol. The minimum Gasteiger partial charge on any atom is -0.487 e. The van der Waals surface area contributed by atoms with Gasteiger partial charge in [0.05, 0.1) is 12.2 Å². The van der Waals surface area contributed by atoms with Gasteiger partial charge in [-0.1, -0.05) is 29.8 Å². The lowest BCUT2D eigenvalue weighted by molar-refractivity contribution is -0.0587. The number of aryl methyl sites for hydroxylation is 1. The van der Waals surface area contributed by atoms with Crippen molar-refractivity contribution >= 4 is 22.5 Å². The molecule has 0 bridgehead atoms. The highest BCUT2D eigenvalue weighted by Gasteiger charge is 2.43. The number of β-amino-alcohol motifs (C(OH)–C–C–N with tert-alkyl or cyclic N) is 1. The van der Waals surface area contributed by atoms with E-state index in [0.717, 1.165) is 53.7 Å². The molecular weight excluding hydrogens is 400 g/mol. The number of rotatable bonds is 3. The molecule has 0 amide bonds. The van der Waals surface area contributed by atoms with E-state index in [2.05, 4.69) is 21.6 Å². The van der Waals surface area contributed by atoms with Gasteiger partial charge in [0.1, 0.15) is 11.4 Å². The standard InChI is InChI=1S/C24H27ClN2O3/c1-26-14-19(17-4-2-3-5-20(17)26)22(29)15-27-10-8-24(9-11-27)13-21(28)18-12-16(25)6-7-23(18)30-24/h2-7,12,14,21-22,28-29H,8-11,13,15H2,1H3/t21-,22-/m0/s1. The predicted octanol–water partition coefficient (Wildman–Crippen LogP) is 4.22. The molecule has 158 valence electrons. The van der Waals surface area contributed by atoms with Crippen LogP contribution in [0.25, 0.3) is 10.9 Å². The molecule has 1 saturated heterocycles. The summed E-state index contributed by atoms with van der Waals surface area (Å²) in [6.45, 7) is 2.26. The number of aliphatic hydroxyl groups excluding tert-OH is 2. The molecule has 2 aliphatic rings. The number of likely N-dealkylation sites (tertiary alicyclic amines) is 1. The second-order valence-electron chi connectivity index (χ2n) is 8.72. The van der Waals surface area contributed by atoms with Crippen molar-refractivity contribution in [2.45, 2.75) is 37.1 Å². The fourth-order valence-corrected chi connectivity index (χ4v) is 5.22. The fourth-order valence-electron chi connectivity index (χ4n) is 5.04. The minimum atomic E-state index is -0.555. The molecule has 1 spiro atoms. The highest BCUT2D eigenvalue weighted by atomic mass is 35.5.